The number of hydrogen-bond acceptors (Lipinski definition) is 3. The molecule has 2 aliphatic rings. The topological polar surface area (TPSA) is 33.1 Å². The molecular weight excluding hydrogens is 331 g/mol. The number of nitrogens with one attached hydrogen (secondary N) is 1. The quantitative estimate of drug-likeness (QED) is 0.885. The molecule has 0 aliphatic carbocycles. The molecule has 122 valence electrons. The molecule has 0 bridgehead atoms. The van der Waals surface area contributed by atoms with E-state index in [1.807, 2.05) is 7.05 Å². The molecule has 0 amide bonds. The zero-order valence-corrected chi connectivity index (χ0v) is 15.1. The zero-order valence-electron chi connectivity index (χ0n) is 12.7. The fourth-order valence-electron chi connectivity index (χ4n) is 3.62. The van der Waals surface area contributed by atoms with Gasteiger partial charge in [-0.25, -0.2) is 0 Å². The Morgan fingerprint density at radius 3 is 2.67 bits per heavy atom. The van der Waals surface area contributed by atoms with E-state index in [4.69, 9.17) is 11.6 Å². The highest BCUT2D eigenvalue weighted by Crippen LogP contribution is 2.37. The van der Waals surface area contributed by atoms with Gasteiger partial charge in [-0.2, -0.15) is 5.10 Å². The summed E-state index contributed by atoms with van der Waals surface area (Å²) < 4.78 is 1.78. The van der Waals surface area contributed by atoms with Crippen LogP contribution in [0, 0.1) is 12.3 Å². The summed E-state index contributed by atoms with van der Waals surface area (Å²) in [5, 5.41) is 8.75. The molecule has 7 heteroatoms. The highest BCUT2D eigenvalue weighted by molar-refractivity contribution is 6.30. The summed E-state index contributed by atoms with van der Waals surface area (Å²) in [5.74, 6) is 0. The van der Waals surface area contributed by atoms with Gasteiger partial charge in [0.15, 0.2) is 0 Å². The van der Waals surface area contributed by atoms with Crippen LogP contribution in [0.3, 0.4) is 0 Å². The maximum Gasteiger partial charge on any atom is 0.131 e. The van der Waals surface area contributed by atoms with Crippen molar-refractivity contribution in [3.63, 3.8) is 0 Å². The van der Waals surface area contributed by atoms with E-state index >= 15 is 0 Å². The van der Waals surface area contributed by atoms with Crippen molar-refractivity contribution >= 4 is 36.4 Å². The predicted molar refractivity (Wildman–Crippen MR) is 91.9 cm³/mol. The van der Waals surface area contributed by atoms with E-state index < -0.39 is 0 Å². The lowest BCUT2D eigenvalue weighted by Crippen LogP contribution is -2.41. The van der Waals surface area contributed by atoms with Crippen LogP contribution in [0.2, 0.25) is 5.15 Å². The van der Waals surface area contributed by atoms with Gasteiger partial charge in [0.2, 0.25) is 0 Å². The molecule has 1 aromatic heterocycles. The minimum atomic E-state index is 0. The average Bonchev–Trinajstić information content (AvgIpc) is 2.88. The lowest BCUT2D eigenvalue weighted by Gasteiger charge is -2.34. The third-order valence-corrected chi connectivity index (χ3v) is 5.20. The van der Waals surface area contributed by atoms with Crippen LogP contribution in [0.15, 0.2) is 0 Å². The summed E-state index contributed by atoms with van der Waals surface area (Å²) in [6.07, 6.45) is 4.01. The van der Waals surface area contributed by atoms with Gasteiger partial charge in [-0.15, -0.1) is 24.8 Å². The molecule has 2 aliphatic heterocycles. The molecular formula is C14H25Cl3N4. The molecule has 0 saturated carbocycles. The van der Waals surface area contributed by atoms with Crippen molar-refractivity contribution in [3.8, 4) is 0 Å². The van der Waals surface area contributed by atoms with E-state index in [9.17, 15) is 0 Å². The summed E-state index contributed by atoms with van der Waals surface area (Å²) in [4.78, 5) is 2.54. The van der Waals surface area contributed by atoms with Crippen molar-refractivity contribution in [3.05, 3.63) is 16.4 Å². The second-order valence-corrected chi connectivity index (χ2v) is 6.58. The Morgan fingerprint density at radius 2 is 2.10 bits per heavy atom. The Morgan fingerprint density at radius 1 is 1.33 bits per heavy atom. The highest BCUT2D eigenvalue weighted by atomic mass is 35.5. The molecule has 0 aromatic carbocycles. The van der Waals surface area contributed by atoms with Crippen LogP contribution >= 0.6 is 36.4 Å². The van der Waals surface area contributed by atoms with Gasteiger partial charge in [-0.05, 0) is 44.7 Å². The van der Waals surface area contributed by atoms with Gasteiger partial charge in [0, 0.05) is 32.2 Å². The summed E-state index contributed by atoms with van der Waals surface area (Å²) in [5.41, 5.74) is 2.78. The maximum atomic E-state index is 6.33. The van der Waals surface area contributed by atoms with E-state index in [1.165, 1.54) is 51.0 Å². The SMILES string of the molecule is Cc1nn(C)c(Cl)c1CN1CCC2(CCCNC2)C1.Cl.Cl. The molecule has 2 saturated heterocycles. The minimum Gasteiger partial charge on any atom is -0.316 e. The maximum absolute atomic E-state index is 6.33. The number of aromatic nitrogens is 2. The summed E-state index contributed by atoms with van der Waals surface area (Å²) in [7, 11) is 1.91. The van der Waals surface area contributed by atoms with E-state index in [2.05, 4.69) is 22.2 Å². The first-order chi connectivity index (χ1) is 9.10. The normalized spacial score (nSPS) is 25.7. The minimum absolute atomic E-state index is 0. The molecule has 1 unspecified atom stereocenters. The Kier molecular flexibility index (Phi) is 6.81. The number of piperidine rings is 1. The van der Waals surface area contributed by atoms with Gasteiger partial charge in [-0.3, -0.25) is 9.58 Å². The lowest BCUT2D eigenvalue weighted by atomic mass is 9.80. The molecule has 3 rings (SSSR count). The van der Waals surface area contributed by atoms with E-state index in [-0.39, 0.29) is 24.8 Å². The van der Waals surface area contributed by atoms with Crippen molar-refractivity contribution in [2.24, 2.45) is 12.5 Å². The number of rotatable bonds is 2. The Bertz CT molecular complexity index is 469. The van der Waals surface area contributed by atoms with E-state index in [0.29, 0.717) is 5.41 Å². The van der Waals surface area contributed by atoms with Crippen molar-refractivity contribution in [2.45, 2.75) is 32.7 Å². The third-order valence-electron chi connectivity index (χ3n) is 4.73. The summed E-state index contributed by atoms with van der Waals surface area (Å²) >= 11 is 6.33. The Labute approximate surface area is 144 Å². The predicted octanol–water partition coefficient (Wildman–Crippen LogP) is 2.80. The van der Waals surface area contributed by atoms with Crippen LogP contribution < -0.4 is 5.32 Å². The highest BCUT2D eigenvalue weighted by Gasteiger charge is 2.39. The number of hydrogen-bond donors (Lipinski definition) is 1. The molecule has 1 atom stereocenters. The fourth-order valence-corrected chi connectivity index (χ4v) is 3.85. The molecule has 4 nitrogen and oxygen atoms in total. The number of nitrogens with zero attached hydrogens (tertiary/aromatic N) is 3. The molecule has 1 aromatic rings. The van der Waals surface area contributed by atoms with Crippen LogP contribution in [-0.2, 0) is 13.6 Å². The van der Waals surface area contributed by atoms with Crippen molar-refractivity contribution in [1.82, 2.24) is 20.0 Å². The first-order valence-electron chi connectivity index (χ1n) is 7.21. The average molecular weight is 356 g/mol. The smallest absolute Gasteiger partial charge is 0.131 e. The van der Waals surface area contributed by atoms with Crippen molar-refractivity contribution in [1.29, 1.82) is 0 Å². The number of halogens is 3. The molecule has 1 spiro atoms. The second kappa shape index (κ2) is 7.51. The van der Waals surface area contributed by atoms with Crippen LogP contribution in [0.1, 0.15) is 30.5 Å². The standard InChI is InChI=1S/C14H23ClN4.2ClH/c1-11-12(13(15)18(2)17-11)8-19-7-5-14(10-19)4-3-6-16-9-14;;/h16H,3-10H2,1-2H3;2*1H. The van der Waals surface area contributed by atoms with Crippen molar-refractivity contribution in [2.75, 3.05) is 26.2 Å². The lowest BCUT2D eigenvalue weighted by molar-refractivity contribution is 0.199. The van der Waals surface area contributed by atoms with Gasteiger partial charge in [0.1, 0.15) is 5.15 Å². The van der Waals surface area contributed by atoms with Gasteiger partial charge in [0.25, 0.3) is 0 Å². The van der Waals surface area contributed by atoms with Crippen LogP contribution in [0.4, 0.5) is 0 Å². The Hall–Kier alpha value is -0.000000000000000111. The van der Waals surface area contributed by atoms with Gasteiger partial charge in [-0.1, -0.05) is 11.6 Å². The molecule has 3 heterocycles. The van der Waals surface area contributed by atoms with Crippen LogP contribution in [0.25, 0.3) is 0 Å². The third kappa shape index (κ3) is 3.85. The van der Waals surface area contributed by atoms with Gasteiger partial charge < -0.3 is 5.32 Å². The van der Waals surface area contributed by atoms with Crippen LogP contribution in [-0.4, -0.2) is 40.9 Å². The van der Waals surface area contributed by atoms with Crippen LogP contribution in [0.5, 0.6) is 0 Å². The summed E-state index contributed by atoms with van der Waals surface area (Å²) in [6.45, 7) is 7.75. The molecule has 1 N–H and O–H groups in total. The molecule has 21 heavy (non-hydrogen) atoms. The summed E-state index contributed by atoms with van der Waals surface area (Å²) in [6, 6.07) is 0. The number of aryl methyl sites for hydroxylation is 2. The first kappa shape index (κ1) is 19.0. The Balaban J connectivity index is 0.00000110. The van der Waals surface area contributed by atoms with E-state index in [1.54, 1.807) is 4.68 Å². The second-order valence-electron chi connectivity index (χ2n) is 6.22. The van der Waals surface area contributed by atoms with Gasteiger partial charge >= 0.3 is 0 Å². The van der Waals surface area contributed by atoms with Gasteiger partial charge in [0.05, 0.1) is 5.69 Å². The van der Waals surface area contributed by atoms with Crippen molar-refractivity contribution < 1.29 is 0 Å². The molecule has 0 radical (unpaired) electrons. The first-order valence-corrected chi connectivity index (χ1v) is 7.58. The van der Waals surface area contributed by atoms with E-state index in [0.717, 1.165) is 17.4 Å². The largest absolute Gasteiger partial charge is 0.316 e. The zero-order chi connectivity index (χ0) is 13.5. The monoisotopic (exact) mass is 354 g/mol. The molecule has 2 fully saturated rings. The fraction of sp³-hybridized carbons (Fsp3) is 0.786. The number of likely N-dealkylation sites (tertiary alicyclic amines) is 1.